The fourth-order valence-corrected chi connectivity index (χ4v) is 2.11. The van der Waals surface area contributed by atoms with E-state index < -0.39 is 6.29 Å². The van der Waals surface area contributed by atoms with Crippen molar-refractivity contribution < 1.29 is 9.84 Å². The second-order valence-electron chi connectivity index (χ2n) is 3.74. The minimum absolute atomic E-state index is 0.0631. The summed E-state index contributed by atoms with van der Waals surface area (Å²) in [7, 11) is 2.00. The van der Waals surface area contributed by atoms with E-state index in [1.54, 1.807) is 0 Å². The monoisotopic (exact) mass is 271 g/mol. The highest BCUT2D eigenvalue weighted by atomic mass is 79.9. The number of aliphatic hydroxyl groups is 1. The summed E-state index contributed by atoms with van der Waals surface area (Å²) in [4.78, 5) is 2.11. The first-order chi connectivity index (χ1) is 7.18. The molecule has 82 valence electrons. The second kappa shape index (κ2) is 4.61. The second-order valence-corrected chi connectivity index (χ2v) is 4.65. The van der Waals surface area contributed by atoms with Crippen molar-refractivity contribution in [2.75, 3.05) is 20.2 Å². The summed E-state index contributed by atoms with van der Waals surface area (Å²) < 4.78 is 6.29. The molecular formula is C11H14BrNO2. The van der Waals surface area contributed by atoms with Gasteiger partial charge in [0, 0.05) is 11.0 Å². The van der Waals surface area contributed by atoms with Gasteiger partial charge >= 0.3 is 0 Å². The van der Waals surface area contributed by atoms with Crippen LogP contribution in [0.15, 0.2) is 28.7 Å². The van der Waals surface area contributed by atoms with Crippen molar-refractivity contribution in [1.29, 1.82) is 0 Å². The average molecular weight is 272 g/mol. The molecule has 0 spiro atoms. The van der Waals surface area contributed by atoms with Gasteiger partial charge in [0.2, 0.25) is 0 Å². The van der Waals surface area contributed by atoms with E-state index in [2.05, 4.69) is 20.8 Å². The zero-order valence-electron chi connectivity index (χ0n) is 8.56. The van der Waals surface area contributed by atoms with Gasteiger partial charge in [0.05, 0.1) is 12.6 Å². The van der Waals surface area contributed by atoms with Crippen LogP contribution in [0.25, 0.3) is 0 Å². The van der Waals surface area contributed by atoms with Crippen molar-refractivity contribution in [3.05, 3.63) is 34.3 Å². The van der Waals surface area contributed by atoms with Crippen LogP contribution in [0, 0.1) is 0 Å². The van der Waals surface area contributed by atoms with Crippen molar-refractivity contribution in [2.24, 2.45) is 0 Å². The lowest BCUT2D eigenvalue weighted by Crippen LogP contribution is -2.42. The van der Waals surface area contributed by atoms with Crippen LogP contribution in [-0.4, -0.2) is 36.5 Å². The smallest absolute Gasteiger partial charge is 0.174 e. The Morgan fingerprint density at radius 3 is 2.67 bits per heavy atom. The van der Waals surface area contributed by atoms with Gasteiger partial charge in [-0.1, -0.05) is 28.1 Å². The van der Waals surface area contributed by atoms with Crippen molar-refractivity contribution in [1.82, 2.24) is 4.90 Å². The van der Waals surface area contributed by atoms with Gasteiger partial charge in [0.25, 0.3) is 0 Å². The average Bonchev–Trinajstić information content (AvgIpc) is 2.20. The molecule has 1 aliphatic rings. The first kappa shape index (κ1) is 11.1. The zero-order valence-corrected chi connectivity index (χ0v) is 10.1. The maximum absolute atomic E-state index is 9.79. The van der Waals surface area contributed by atoms with Crippen LogP contribution < -0.4 is 0 Å². The number of ether oxygens (including phenoxy) is 1. The normalized spacial score (nSPS) is 27.9. The molecule has 0 amide bonds. The van der Waals surface area contributed by atoms with Gasteiger partial charge in [-0.25, -0.2) is 0 Å². The number of nitrogens with zero attached hydrogens (tertiary/aromatic N) is 1. The van der Waals surface area contributed by atoms with Crippen molar-refractivity contribution in [3.63, 3.8) is 0 Å². The third kappa shape index (κ3) is 2.39. The molecular weight excluding hydrogens is 258 g/mol. The Balaban J connectivity index is 2.23. The van der Waals surface area contributed by atoms with Gasteiger partial charge in [-0.05, 0) is 24.7 Å². The van der Waals surface area contributed by atoms with E-state index in [9.17, 15) is 5.11 Å². The highest BCUT2D eigenvalue weighted by molar-refractivity contribution is 9.10. The van der Waals surface area contributed by atoms with Crippen LogP contribution >= 0.6 is 15.9 Å². The molecule has 2 rings (SSSR count). The van der Waals surface area contributed by atoms with Crippen molar-refractivity contribution in [2.45, 2.75) is 12.3 Å². The molecule has 4 heteroatoms. The highest BCUT2D eigenvalue weighted by Gasteiger charge is 2.29. The summed E-state index contributed by atoms with van der Waals surface area (Å²) in [5.41, 5.74) is 1.08. The molecule has 1 N–H and O–H groups in total. The molecule has 0 aromatic heterocycles. The molecule has 1 fully saturated rings. The molecule has 2 atom stereocenters. The summed E-state index contributed by atoms with van der Waals surface area (Å²) in [6.07, 6.45) is -0.732. The predicted octanol–water partition coefficient (Wildman–Crippen LogP) is 1.77. The summed E-state index contributed by atoms with van der Waals surface area (Å²) in [6, 6.07) is 7.90. The Hall–Kier alpha value is -0.420. The Morgan fingerprint density at radius 1 is 1.40 bits per heavy atom. The fraction of sp³-hybridized carbons (Fsp3) is 0.455. The van der Waals surface area contributed by atoms with Crippen LogP contribution in [0.3, 0.4) is 0 Å². The van der Waals surface area contributed by atoms with Gasteiger partial charge in [-0.2, -0.15) is 0 Å². The van der Waals surface area contributed by atoms with E-state index in [1.165, 1.54) is 0 Å². The van der Waals surface area contributed by atoms with Crippen molar-refractivity contribution in [3.8, 4) is 0 Å². The number of morpholine rings is 1. The van der Waals surface area contributed by atoms with Crippen LogP contribution in [-0.2, 0) is 4.74 Å². The largest absolute Gasteiger partial charge is 0.366 e. The van der Waals surface area contributed by atoms with E-state index in [1.807, 2.05) is 31.3 Å². The lowest BCUT2D eigenvalue weighted by atomic mass is 10.0. The Morgan fingerprint density at radius 2 is 2.07 bits per heavy atom. The topological polar surface area (TPSA) is 32.7 Å². The number of hydrogen-bond donors (Lipinski definition) is 1. The van der Waals surface area contributed by atoms with Crippen LogP contribution in [0.5, 0.6) is 0 Å². The number of hydrogen-bond acceptors (Lipinski definition) is 3. The molecule has 2 unspecified atom stereocenters. The number of benzene rings is 1. The molecule has 15 heavy (non-hydrogen) atoms. The van der Waals surface area contributed by atoms with E-state index >= 15 is 0 Å². The summed E-state index contributed by atoms with van der Waals surface area (Å²) in [6.45, 7) is 1.43. The third-order valence-corrected chi connectivity index (χ3v) is 3.22. The molecule has 1 saturated heterocycles. The molecule has 1 aliphatic heterocycles. The lowest BCUT2D eigenvalue weighted by molar-refractivity contribution is -0.176. The molecule has 0 saturated carbocycles. The van der Waals surface area contributed by atoms with Gasteiger partial charge < -0.3 is 9.84 Å². The molecule has 0 radical (unpaired) electrons. The maximum Gasteiger partial charge on any atom is 0.174 e. The molecule has 1 aromatic carbocycles. The maximum atomic E-state index is 9.79. The summed E-state index contributed by atoms with van der Waals surface area (Å²) in [5, 5.41) is 9.79. The van der Waals surface area contributed by atoms with E-state index in [4.69, 9.17) is 4.74 Å². The Bertz CT molecular complexity index is 318. The first-order valence-electron chi connectivity index (χ1n) is 4.94. The predicted molar refractivity (Wildman–Crippen MR) is 61.5 cm³/mol. The number of halogens is 1. The molecule has 0 bridgehead atoms. The standard InChI is InChI=1S/C11H14BrNO2/c1-13-6-7-15-11(14)10(13)8-2-4-9(12)5-3-8/h2-5,10-11,14H,6-7H2,1H3. The highest BCUT2D eigenvalue weighted by Crippen LogP contribution is 2.27. The minimum atomic E-state index is -0.732. The van der Waals surface area contributed by atoms with Gasteiger partial charge in [0.1, 0.15) is 0 Å². The van der Waals surface area contributed by atoms with Crippen molar-refractivity contribution >= 4 is 15.9 Å². The zero-order chi connectivity index (χ0) is 10.8. The fourth-order valence-electron chi connectivity index (χ4n) is 1.84. The number of likely N-dealkylation sites (N-methyl/N-ethyl adjacent to an activating group) is 1. The first-order valence-corrected chi connectivity index (χ1v) is 5.73. The van der Waals surface area contributed by atoms with Crippen LogP contribution in [0.1, 0.15) is 11.6 Å². The summed E-state index contributed by atoms with van der Waals surface area (Å²) in [5.74, 6) is 0. The van der Waals surface area contributed by atoms with Gasteiger partial charge in [-0.3, -0.25) is 4.90 Å². The van der Waals surface area contributed by atoms with Gasteiger partial charge in [0.15, 0.2) is 6.29 Å². The van der Waals surface area contributed by atoms with E-state index in [0.29, 0.717) is 6.61 Å². The molecule has 1 aromatic rings. The minimum Gasteiger partial charge on any atom is -0.366 e. The molecule has 1 heterocycles. The lowest BCUT2D eigenvalue weighted by Gasteiger charge is -2.36. The number of rotatable bonds is 1. The molecule has 0 aliphatic carbocycles. The van der Waals surface area contributed by atoms with Crippen LogP contribution in [0.4, 0.5) is 0 Å². The third-order valence-electron chi connectivity index (χ3n) is 2.69. The van der Waals surface area contributed by atoms with E-state index in [-0.39, 0.29) is 6.04 Å². The molecule has 3 nitrogen and oxygen atoms in total. The Kier molecular flexibility index (Phi) is 3.41. The quantitative estimate of drug-likeness (QED) is 0.845. The number of aliphatic hydroxyl groups excluding tert-OH is 1. The van der Waals surface area contributed by atoms with Crippen LogP contribution in [0.2, 0.25) is 0 Å². The summed E-state index contributed by atoms with van der Waals surface area (Å²) >= 11 is 3.39. The Labute approximate surface area is 97.8 Å². The van der Waals surface area contributed by atoms with E-state index in [0.717, 1.165) is 16.6 Å². The van der Waals surface area contributed by atoms with Gasteiger partial charge in [-0.15, -0.1) is 0 Å². The SMILES string of the molecule is CN1CCOC(O)C1c1ccc(Br)cc1.